The van der Waals surface area contributed by atoms with Gasteiger partial charge in [-0.3, -0.25) is 4.79 Å². The summed E-state index contributed by atoms with van der Waals surface area (Å²) in [4.78, 5) is 11.8. The van der Waals surface area contributed by atoms with Crippen LogP contribution in [-0.4, -0.2) is 15.7 Å². The number of ether oxygens (including phenoxy) is 1. The molecule has 0 radical (unpaired) electrons. The molecule has 0 aliphatic carbocycles. The highest BCUT2D eigenvalue weighted by atomic mass is 16.5. The first kappa shape index (κ1) is 17.7. The van der Waals surface area contributed by atoms with Gasteiger partial charge in [0.25, 0.3) is 0 Å². The second-order valence-electron chi connectivity index (χ2n) is 6.68. The van der Waals surface area contributed by atoms with Gasteiger partial charge in [-0.2, -0.15) is 9.78 Å². The van der Waals surface area contributed by atoms with Crippen LogP contribution in [0.15, 0.2) is 48.5 Å². The lowest BCUT2D eigenvalue weighted by molar-refractivity contribution is -0.132. The SMILES string of the molecule is CC(=O)Oc1c(-c2ccc(N)cc2)c(C(C)C)nn1-c1ccc(C)cc1. The number of aryl methyl sites for hydroxylation is 1. The van der Waals surface area contributed by atoms with Crippen molar-refractivity contribution < 1.29 is 9.53 Å². The van der Waals surface area contributed by atoms with Gasteiger partial charge >= 0.3 is 5.97 Å². The Bertz CT molecular complexity index is 923. The van der Waals surface area contributed by atoms with Crippen LogP contribution >= 0.6 is 0 Å². The first-order valence-corrected chi connectivity index (χ1v) is 8.61. The highest BCUT2D eigenvalue weighted by Gasteiger charge is 2.24. The number of hydrogen-bond donors (Lipinski definition) is 1. The molecule has 1 aromatic heterocycles. The number of anilines is 1. The molecule has 1 heterocycles. The number of nitrogen functional groups attached to an aromatic ring is 1. The Labute approximate surface area is 153 Å². The maximum absolute atomic E-state index is 11.8. The van der Waals surface area contributed by atoms with Crippen molar-refractivity contribution in [2.75, 3.05) is 5.73 Å². The van der Waals surface area contributed by atoms with Crippen LogP contribution in [0.2, 0.25) is 0 Å². The fourth-order valence-electron chi connectivity index (χ4n) is 2.84. The normalized spacial score (nSPS) is 11.0. The Hall–Kier alpha value is -3.08. The third kappa shape index (κ3) is 3.47. The Balaban J connectivity index is 2.27. The highest BCUT2D eigenvalue weighted by Crippen LogP contribution is 2.39. The summed E-state index contributed by atoms with van der Waals surface area (Å²) in [5, 5.41) is 4.77. The summed E-state index contributed by atoms with van der Waals surface area (Å²) in [5.74, 6) is 0.198. The molecule has 0 aliphatic heterocycles. The van der Waals surface area contributed by atoms with Gasteiger partial charge in [0.05, 0.1) is 16.9 Å². The topological polar surface area (TPSA) is 70.1 Å². The molecule has 2 N–H and O–H groups in total. The first-order valence-electron chi connectivity index (χ1n) is 8.61. The maximum Gasteiger partial charge on any atom is 0.309 e. The summed E-state index contributed by atoms with van der Waals surface area (Å²) >= 11 is 0. The molecule has 0 spiro atoms. The van der Waals surface area contributed by atoms with Gasteiger partial charge in [0.1, 0.15) is 0 Å². The minimum Gasteiger partial charge on any atom is -0.407 e. The number of aromatic nitrogens is 2. The number of carbonyl (C=O) groups excluding carboxylic acids is 1. The largest absolute Gasteiger partial charge is 0.407 e. The smallest absolute Gasteiger partial charge is 0.309 e. The number of rotatable bonds is 4. The van der Waals surface area contributed by atoms with E-state index in [4.69, 9.17) is 15.6 Å². The Morgan fingerprint density at radius 1 is 1.08 bits per heavy atom. The molecule has 5 heteroatoms. The van der Waals surface area contributed by atoms with E-state index >= 15 is 0 Å². The molecule has 3 rings (SSSR count). The third-order valence-corrected chi connectivity index (χ3v) is 4.14. The molecule has 0 aliphatic rings. The highest BCUT2D eigenvalue weighted by molar-refractivity contribution is 5.78. The van der Waals surface area contributed by atoms with Crippen LogP contribution in [0.3, 0.4) is 0 Å². The van der Waals surface area contributed by atoms with E-state index in [1.165, 1.54) is 6.92 Å². The average molecular weight is 349 g/mol. The van der Waals surface area contributed by atoms with Gasteiger partial charge in [-0.1, -0.05) is 43.7 Å². The van der Waals surface area contributed by atoms with Crippen molar-refractivity contribution in [3.63, 3.8) is 0 Å². The van der Waals surface area contributed by atoms with Crippen molar-refractivity contribution in [3.05, 3.63) is 59.8 Å². The van der Waals surface area contributed by atoms with Gasteiger partial charge in [0, 0.05) is 12.6 Å². The molecule has 0 saturated heterocycles. The van der Waals surface area contributed by atoms with Crippen LogP contribution in [0.25, 0.3) is 16.8 Å². The zero-order valence-corrected chi connectivity index (χ0v) is 15.5. The number of esters is 1. The van der Waals surface area contributed by atoms with Crippen molar-refractivity contribution in [2.24, 2.45) is 0 Å². The molecule has 0 amide bonds. The van der Waals surface area contributed by atoms with E-state index in [1.807, 2.05) is 55.5 Å². The van der Waals surface area contributed by atoms with E-state index in [0.717, 1.165) is 28.1 Å². The molecule has 5 nitrogen and oxygen atoms in total. The summed E-state index contributed by atoms with van der Waals surface area (Å²) in [6.45, 7) is 7.56. The van der Waals surface area contributed by atoms with Gasteiger partial charge < -0.3 is 10.5 Å². The fourth-order valence-corrected chi connectivity index (χ4v) is 2.84. The summed E-state index contributed by atoms with van der Waals surface area (Å²) in [6.07, 6.45) is 0. The van der Waals surface area contributed by atoms with E-state index in [2.05, 4.69) is 13.8 Å². The molecule has 3 aromatic rings. The molecule has 26 heavy (non-hydrogen) atoms. The van der Waals surface area contributed by atoms with E-state index in [9.17, 15) is 4.79 Å². The van der Waals surface area contributed by atoms with Crippen molar-refractivity contribution >= 4 is 11.7 Å². The lowest BCUT2D eigenvalue weighted by atomic mass is 9.99. The Morgan fingerprint density at radius 2 is 1.69 bits per heavy atom. The third-order valence-electron chi connectivity index (χ3n) is 4.14. The summed E-state index contributed by atoms with van der Waals surface area (Å²) in [5.41, 5.74) is 11.1. The van der Waals surface area contributed by atoms with Gasteiger partial charge in [0.15, 0.2) is 0 Å². The zero-order chi connectivity index (χ0) is 18.8. The second-order valence-corrected chi connectivity index (χ2v) is 6.68. The molecular weight excluding hydrogens is 326 g/mol. The van der Waals surface area contributed by atoms with Crippen molar-refractivity contribution in [1.29, 1.82) is 0 Å². The van der Waals surface area contributed by atoms with Gasteiger partial charge in [-0.25, -0.2) is 0 Å². The standard InChI is InChI=1S/C21H23N3O2/c1-13(2)20-19(16-7-9-17(22)10-8-16)21(26-15(4)25)24(23-20)18-11-5-14(3)6-12-18/h5-13H,22H2,1-4H3. The van der Waals surface area contributed by atoms with Gasteiger partial charge in [-0.15, -0.1) is 0 Å². The predicted molar refractivity (Wildman–Crippen MR) is 104 cm³/mol. The van der Waals surface area contributed by atoms with Crippen LogP contribution in [0.5, 0.6) is 5.88 Å². The van der Waals surface area contributed by atoms with Crippen LogP contribution in [0, 0.1) is 6.92 Å². The molecule has 0 fully saturated rings. The van der Waals surface area contributed by atoms with Gasteiger partial charge in [0.2, 0.25) is 5.88 Å². The second kappa shape index (κ2) is 7.04. The molecule has 0 unspecified atom stereocenters. The van der Waals surface area contributed by atoms with Crippen molar-refractivity contribution in [3.8, 4) is 22.7 Å². The fraction of sp³-hybridized carbons (Fsp3) is 0.238. The summed E-state index contributed by atoms with van der Waals surface area (Å²) in [6, 6.07) is 15.5. The Kier molecular flexibility index (Phi) is 4.80. The Morgan fingerprint density at radius 3 is 2.23 bits per heavy atom. The number of benzene rings is 2. The minimum absolute atomic E-state index is 0.156. The number of carbonyl (C=O) groups is 1. The van der Waals surface area contributed by atoms with Crippen molar-refractivity contribution in [1.82, 2.24) is 9.78 Å². The van der Waals surface area contributed by atoms with Crippen molar-refractivity contribution in [2.45, 2.75) is 33.6 Å². The molecule has 0 saturated carbocycles. The van der Waals surface area contributed by atoms with E-state index < -0.39 is 0 Å². The van der Waals surface area contributed by atoms with E-state index in [1.54, 1.807) is 4.68 Å². The quantitative estimate of drug-likeness (QED) is 0.557. The lowest BCUT2D eigenvalue weighted by Crippen LogP contribution is -2.08. The minimum atomic E-state index is -0.384. The van der Waals surface area contributed by atoms with E-state index in [0.29, 0.717) is 11.6 Å². The zero-order valence-electron chi connectivity index (χ0n) is 15.5. The summed E-state index contributed by atoms with van der Waals surface area (Å²) in [7, 11) is 0. The van der Waals surface area contributed by atoms with Crippen LogP contribution in [0.4, 0.5) is 5.69 Å². The average Bonchev–Trinajstić information content (AvgIpc) is 2.95. The molecular formula is C21H23N3O2. The molecule has 2 aromatic carbocycles. The number of nitrogens with two attached hydrogens (primary N) is 1. The molecule has 0 atom stereocenters. The first-order chi connectivity index (χ1) is 12.4. The monoisotopic (exact) mass is 349 g/mol. The molecule has 0 bridgehead atoms. The maximum atomic E-state index is 11.8. The number of nitrogens with zero attached hydrogens (tertiary/aromatic N) is 2. The number of hydrogen-bond acceptors (Lipinski definition) is 4. The van der Waals surface area contributed by atoms with Crippen LogP contribution in [-0.2, 0) is 4.79 Å². The lowest BCUT2D eigenvalue weighted by Gasteiger charge is -2.10. The molecule has 134 valence electrons. The van der Waals surface area contributed by atoms with E-state index in [-0.39, 0.29) is 11.9 Å². The van der Waals surface area contributed by atoms with Crippen LogP contribution < -0.4 is 10.5 Å². The van der Waals surface area contributed by atoms with Crippen LogP contribution in [0.1, 0.15) is 37.9 Å². The predicted octanol–water partition coefficient (Wildman–Crippen LogP) is 4.48. The van der Waals surface area contributed by atoms with Gasteiger partial charge in [-0.05, 0) is 42.7 Å². The summed E-state index contributed by atoms with van der Waals surface area (Å²) < 4.78 is 7.30.